The maximum atomic E-state index is 12.6. The van der Waals surface area contributed by atoms with Crippen LogP contribution in [0.25, 0.3) is 0 Å². The number of carbonyl (C=O) groups excluding carboxylic acids is 2. The molecule has 1 saturated carbocycles. The first-order valence-corrected chi connectivity index (χ1v) is 9.85. The first-order chi connectivity index (χ1) is 12.4. The van der Waals surface area contributed by atoms with E-state index >= 15 is 0 Å². The monoisotopic (exact) mass is 374 g/mol. The summed E-state index contributed by atoms with van der Waals surface area (Å²) >= 11 is 0. The molecule has 150 valence electrons. The molecule has 0 aliphatic heterocycles. The number of hydrogen-bond acceptors (Lipinski definition) is 3. The van der Waals surface area contributed by atoms with E-state index in [4.69, 9.17) is 4.74 Å². The summed E-state index contributed by atoms with van der Waals surface area (Å²) in [6.45, 7) is 12.0. The average molecular weight is 375 g/mol. The molecule has 1 aromatic carbocycles. The first kappa shape index (κ1) is 21.3. The maximum Gasteiger partial charge on any atom is 0.407 e. The molecule has 0 radical (unpaired) electrons. The quantitative estimate of drug-likeness (QED) is 0.815. The highest BCUT2D eigenvalue weighted by Crippen LogP contribution is 2.23. The molecule has 0 heterocycles. The van der Waals surface area contributed by atoms with E-state index in [1.165, 1.54) is 5.56 Å². The molecule has 2 amide bonds. The highest BCUT2D eigenvalue weighted by Gasteiger charge is 2.26. The van der Waals surface area contributed by atoms with Crippen molar-refractivity contribution in [1.82, 2.24) is 10.6 Å². The second kappa shape index (κ2) is 8.32. The molecule has 0 spiro atoms. The van der Waals surface area contributed by atoms with Crippen LogP contribution in [0.15, 0.2) is 24.3 Å². The standard InChI is InChI=1S/C22H34N2O3/c1-21(2,3)16-12-10-15(11-13-16)19(25)23-17-8-7-9-18(14-17)24-20(26)27-22(4,5)6/h10-13,17-18H,7-9,14H2,1-6H3,(H,23,25)(H,24,26)/t17-,18+/m0/s1. The molecule has 2 N–H and O–H groups in total. The van der Waals surface area contributed by atoms with Crippen LogP contribution in [0.3, 0.4) is 0 Å². The van der Waals surface area contributed by atoms with Crippen LogP contribution in [0.4, 0.5) is 4.79 Å². The van der Waals surface area contributed by atoms with E-state index < -0.39 is 11.7 Å². The normalized spacial score (nSPS) is 20.7. The van der Waals surface area contributed by atoms with Crippen molar-refractivity contribution in [2.24, 2.45) is 0 Å². The van der Waals surface area contributed by atoms with Crippen LogP contribution in [-0.4, -0.2) is 29.7 Å². The fourth-order valence-corrected chi connectivity index (χ4v) is 3.32. The lowest BCUT2D eigenvalue weighted by atomic mass is 9.86. The number of alkyl carbamates (subject to hydrolysis) is 1. The number of rotatable bonds is 3. The summed E-state index contributed by atoms with van der Waals surface area (Å²) in [6, 6.07) is 7.89. The molecule has 5 heteroatoms. The first-order valence-electron chi connectivity index (χ1n) is 9.85. The molecular formula is C22H34N2O3. The highest BCUT2D eigenvalue weighted by molar-refractivity contribution is 5.94. The number of hydrogen-bond donors (Lipinski definition) is 2. The Labute approximate surface area is 163 Å². The van der Waals surface area contributed by atoms with Crippen molar-refractivity contribution in [1.29, 1.82) is 0 Å². The molecule has 27 heavy (non-hydrogen) atoms. The molecule has 2 rings (SSSR count). The molecule has 0 bridgehead atoms. The van der Waals surface area contributed by atoms with Gasteiger partial charge in [0.2, 0.25) is 0 Å². The van der Waals surface area contributed by atoms with Gasteiger partial charge in [-0.1, -0.05) is 32.9 Å². The van der Waals surface area contributed by atoms with Gasteiger partial charge in [0.25, 0.3) is 5.91 Å². The molecule has 5 nitrogen and oxygen atoms in total. The van der Waals surface area contributed by atoms with E-state index in [2.05, 4.69) is 31.4 Å². The van der Waals surface area contributed by atoms with Crippen molar-refractivity contribution < 1.29 is 14.3 Å². The van der Waals surface area contributed by atoms with Crippen molar-refractivity contribution in [2.75, 3.05) is 0 Å². The van der Waals surface area contributed by atoms with Gasteiger partial charge in [0, 0.05) is 17.6 Å². The lowest BCUT2D eigenvalue weighted by Crippen LogP contribution is -2.46. The maximum absolute atomic E-state index is 12.6. The van der Waals surface area contributed by atoms with Crippen LogP contribution in [0.2, 0.25) is 0 Å². The van der Waals surface area contributed by atoms with Crippen molar-refractivity contribution in [2.45, 2.75) is 90.3 Å². The Kier molecular flexibility index (Phi) is 6.55. The fourth-order valence-electron chi connectivity index (χ4n) is 3.32. The van der Waals surface area contributed by atoms with Gasteiger partial charge in [-0.05, 0) is 69.6 Å². The summed E-state index contributed by atoms with van der Waals surface area (Å²) in [7, 11) is 0. The van der Waals surface area contributed by atoms with Gasteiger partial charge in [-0.2, -0.15) is 0 Å². The molecule has 1 fully saturated rings. The van der Waals surface area contributed by atoms with E-state index in [0.29, 0.717) is 5.56 Å². The van der Waals surface area contributed by atoms with Crippen LogP contribution in [0.1, 0.15) is 83.1 Å². The van der Waals surface area contributed by atoms with Gasteiger partial charge in [-0.3, -0.25) is 4.79 Å². The third kappa shape index (κ3) is 6.89. The van der Waals surface area contributed by atoms with Crippen molar-refractivity contribution >= 4 is 12.0 Å². The average Bonchev–Trinajstić information content (AvgIpc) is 2.52. The van der Waals surface area contributed by atoms with Crippen molar-refractivity contribution in [3.8, 4) is 0 Å². The molecule has 1 aromatic rings. The van der Waals surface area contributed by atoms with E-state index in [0.717, 1.165) is 25.7 Å². The second-order valence-electron chi connectivity index (χ2n) is 9.51. The molecule has 1 aliphatic rings. The van der Waals surface area contributed by atoms with Crippen LogP contribution >= 0.6 is 0 Å². The largest absolute Gasteiger partial charge is 0.444 e. The third-order valence-electron chi connectivity index (χ3n) is 4.74. The smallest absolute Gasteiger partial charge is 0.407 e. The minimum absolute atomic E-state index is 0.0298. The molecule has 0 unspecified atom stereocenters. The van der Waals surface area contributed by atoms with Gasteiger partial charge in [-0.15, -0.1) is 0 Å². The van der Waals surface area contributed by atoms with E-state index in [-0.39, 0.29) is 23.4 Å². The lowest BCUT2D eigenvalue weighted by Gasteiger charge is -2.31. The van der Waals surface area contributed by atoms with Gasteiger partial charge in [0.05, 0.1) is 0 Å². The van der Waals surface area contributed by atoms with Crippen LogP contribution in [-0.2, 0) is 10.2 Å². The van der Waals surface area contributed by atoms with Gasteiger partial charge >= 0.3 is 6.09 Å². The SMILES string of the molecule is CC(C)(C)OC(=O)N[C@@H]1CCC[C@H](NC(=O)c2ccc(C(C)(C)C)cc2)C1. The van der Waals surface area contributed by atoms with Gasteiger partial charge in [0.1, 0.15) is 5.60 Å². The number of nitrogens with one attached hydrogen (secondary N) is 2. The predicted octanol–water partition coefficient (Wildman–Crippen LogP) is 4.55. The van der Waals surface area contributed by atoms with Gasteiger partial charge in [-0.25, -0.2) is 4.79 Å². The Balaban J connectivity index is 1.89. The van der Waals surface area contributed by atoms with Crippen LogP contribution in [0, 0.1) is 0 Å². The van der Waals surface area contributed by atoms with Crippen LogP contribution in [0.5, 0.6) is 0 Å². The summed E-state index contributed by atoms with van der Waals surface area (Å²) in [5.74, 6) is -0.0571. The second-order valence-corrected chi connectivity index (χ2v) is 9.51. The molecule has 1 aliphatic carbocycles. The Bertz CT molecular complexity index is 654. The zero-order valence-electron chi connectivity index (χ0n) is 17.5. The van der Waals surface area contributed by atoms with E-state index in [1.807, 2.05) is 45.0 Å². The number of amides is 2. The number of carbonyl (C=O) groups is 2. The van der Waals surface area contributed by atoms with E-state index in [9.17, 15) is 9.59 Å². The number of ether oxygens (including phenoxy) is 1. The minimum Gasteiger partial charge on any atom is -0.444 e. The summed E-state index contributed by atoms with van der Waals surface area (Å²) < 4.78 is 5.33. The summed E-state index contributed by atoms with van der Waals surface area (Å²) in [6.07, 6.45) is 3.14. The van der Waals surface area contributed by atoms with E-state index in [1.54, 1.807) is 0 Å². The summed E-state index contributed by atoms with van der Waals surface area (Å²) in [5.41, 5.74) is 1.44. The third-order valence-corrected chi connectivity index (χ3v) is 4.74. The Morgan fingerprint density at radius 3 is 2.00 bits per heavy atom. The Hall–Kier alpha value is -2.04. The topological polar surface area (TPSA) is 67.4 Å². The number of benzene rings is 1. The molecular weight excluding hydrogens is 340 g/mol. The van der Waals surface area contributed by atoms with Crippen molar-refractivity contribution in [3.05, 3.63) is 35.4 Å². The lowest BCUT2D eigenvalue weighted by molar-refractivity contribution is 0.0489. The zero-order chi connectivity index (χ0) is 20.2. The molecule has 0 aromatic heterocycles. The van der Waals surface area contributed by atoms with Gasteiger partial charge < -0.3 is 15.4 Å². The highest BCUT2D eigenvalue weighted by atomic mass is 16.6. The Morgan fingerprint density at radius 1 is 0.926 bits per heavy atom. The predicted molar refractivity (Wildman–Crippen MR) is 108 cm³/mol. The Morgan fingerprint density at radius 2 is 1.48 bits per heavy atom. The van der Waals surface area contributed by atoms with Crippen molar-refractivity contribution in [3.63, 3.8) is 0 Å². The minimum atomic E-state index is -0.508. The zero-order valence-corrected chi connectivity index (χ0v) is 17.5. The molecule has 0 saturated heterocycles. The fraction of sp³-hybridized carbons (Fsp3) is 0.636. The van der Waals surface area contributed by atoms with Gasteiger partial charge in [0.15, 0.2) is 0 Å². The summed E-state index contributed by atoms with van der Waals surface area (Å²) in [5, 5.41) is 6.04. The van der Waals surface area contributed by atoms with Crippen LogP contribution < -0.4 is 10.6 Å². The molecule has 2 atom stereocenters. The summed E-state index contributed by atoms with van der Waals surface area (Å²) in [4.78, 5) is 24.5.